The Labute approximate surface area is 136 Å². The van der Waals surface area contributed by atoms with Crippen molar-refractivity contribution in [3.63, 3.8) is 0 Å². The SMILES string of the molecule is Cn1nccc1CN1CCOC2(C=C(C#N)C(=O)C(C)(C)C2)C1. The molecule has 1 spiro atoms. The van der Waals surface area contributed by atoms with Crippen LogP contribution in [0.2, 0.25) is 0 Å². The molecule has 0 N–H and O–H groups in total. The summed E-state index contributed by atoms with van der Waals surface area (Å²) in [5, 5.41) is 13.5. The van der Waals surface area contributed by atoms with Crippen molar-refractivity contribution in [2.24, 2.45) is 12.5 Å². The van der Waals surface area contributed by atoms with Crippen LogP contribution in [0.5, 0.6) is 0 Å². The molecule has 0 saturated carbocycles. The van der Waals surface area contributed by atoms with E-state index in [1.807, 2.05) is 37.7 Å². The Morgan fingerprint density at radius 3 is 2.91 bits per heavy atom. The standard InChI is InChI=1S/C17H22N4O2/c1-16(2)11-17(8-13(9-18)15(16)22)12-21(6-7-23-17)10-14-4-5-19-20(14)3/h4-5,8H,6-7,10-12H2,1-3H3. The molecule has 1 aromatic rings. The van der Waals surface area contributed by atoms with Crippen LogP contribution in [0.25, 0.3) is 0 Å². The first-order valence-corrected chi connectivity index (χ1v) is 7.86. The summed E-state index contributed by atoms with van der Waals surface area (Å²) in [6.45, 7) is 6.68. The lowest BCUT2D eigenvalue weighted by atomic mass is 9.69. The highest BCUT2D eigenvalue weighted by Crippen LogP contribution is 2.41. The molecule has 1 fully saturated rings. The van der Waals surface area contributed by atoms with Gasteiger partial charge in [-0.25, -0.2) is 0 Å². The maximum Gasteiger partial charge on any atom is 0.178 e. The van der Waals surface area contributed by atoms with E-state index in [2.05, 4.69) is 10.00 Å². The number of carbonyl (C=O) groups is 1. The van der Waals surface area contributed by atoms with E-state index >= 15 is 0 Å². The zero-order valence-electron chi connectivity index (χ0n) is 13.9. The molecule has 2 heterocycles. The van der Waals surface area contributed by atoms with Crippen molar-refractivity contribution in [2.75, 3.05) is 19.7 Å². The van der Waals surface area contributed by atoms with Crippen molar-refractivity contribution in [2.45, 2.75) is 32.4 Å². The van der Waals surface area contributed by atoms with Crippen molar-refractivity contribution in [3.8, 4) is 6.07 Å². The van der Waals surface area contributed by atoms with Crippen LogP contribution in [0.4, 0.5) is 0 Å². The van der Waals surface area contributed by atoms with Gasteiger partial charge in [0.05, 0.1) is 17.9 Å². The minimum Gasteiger partial charge on any atom is -0.368 e. The Morgan fingerprint density at radius 2 is 2.26 bits per heavy atom. The molecule has 2 aliphatic rings. The fourth-order valence-electron chi connectivity index (χ4n) is 3.65. The third kappa shape index (κ3) is 2.94. The number of ketones is 1. The van der Waals surface area contributed by atoms with Crippen molar-refractivity contribution >= 4 is 5.78 Å². The molecule has 1 aliphatic carbocycles. The number of nitriles is 1. The van der Waals surface area contributed by atoms with E-state index in [0.29, 0.717) is 19.6 Å². The third-order valence-corrected chi connectivity index (χ3v) is 4.72. The molecule has 0 amide bonds. The van der Waals surface area contributed by atoms with Crippen molar-refractivity contribution < 1.29 is 9.53 Å². The van der Waals surface area contributed by atoms with Crippen LogP contribution in [0.3, 0.4) is 0 Å². The van der Waals surface area contributed by atoms with Crippen LogP contribution in [0, 0.1) is 16.7 Å². The van der Waals surface area contributed by atoms with E-state index in [1.54, 1.807) is 12.3 Å². The molecule has 3 rings (SSSR count). The van der Waals surface area contributed by atoms with Crippen LogP contribution < -0.4 is 0 Å². The third-order valence-electron chi connectivity index (χ3n) is 4.72. The molecule has 122 valence electrons. The van der Waals surface area contributed by atoms with Crippen molar-refractivity contribution in [3.05, 3.63) is 29.6 Å². The fourth-order valence-corrected chi connectivity index (χ4v) is 3.65. The Bertz CT molecular complexity index is 698. The molecule has 1 aromatic heterocycles. The van der Waals surface area contributed by atoms with Gasteiger partial charge in [0.15, 0.2) is 5.78 Å². The molecule has 6 nitrogen and oxygen atoms in total. The van der Waals surface area contributed by atoms with Gasteiger partial charge in [0.1, 0.15) is 11.7 Å². The van der Waals surface area contributed by atoms with Crippen molar-refractivity contribution in [1.29, 1.82) is 5.26 Å². The number of nitrogens with zero attached hydrogens (tertiary/aromatic N) is 4. The Balaban J connectivity index is 1.85. The highest BCUT2D eigenvalue weighted by atomic mass is 16.5. The zero-order chi connectivity index (χ0) is 16.7. The first kappa shape index (κ1) is 15.9. The number of carbonyl (C=O) groups excluding carboxylic acids is 1. The quantitative estimate of drug-likeness (QED) is 0.826. The van der Waals surface area contributed by atoms with Gasteiger partial charge in [0.2, 0.25) is 0 Å². The van der Waals surface area contributed by atoms with Gasteiger partial charge in [-0.15, -0.1) is 0 Å². The van der Waals surface area contributed by atoms with E-state index in [0.717, 1.165) is 18.8 Å². The van der Waals surface area contributed by atoms with E-state index in [4.69, 9.17) is 4.74 Å². The van der Waals surface area contributed by atoms with Gasteiger partial charge >= 0.3 is 0 Å². The van der Waals surface area contributed by atoms with Crippen LogP contribution in [-0.2, 0) is 23.1 Å². The molecule has 23 heavy (non-hydrogen) atoms. The Hall–Kier alpha value is -1.97. The Kier molecular flexibility index (Phi) is 3.86. The normalized spacial score (nSPS) is 27.7. The van der Waals surface area contributed by atoms with Gasteiger partial charge in [-0.1, -0.05) is 13.8 Å². The average Bonchev–Trinajstić information content (AvgIpc) is 2.88. The second kappa shape index (κ2) is 5.59. The zero-order valence-corrected chi connectivity index (χ0v) is 13.9. The molecular weight excluding hydrogens is 292 g/mol. The first-order chi connectivity index (χ1) is 10.9. The second-order valence-electron chi connectivity index (χ2n) is 7.13. The molecule has 0 bridgehead atoms. The maximum atomic E-state index is 12.3. The van der Waals surface area contributed by atoms with E-state index in [9.17, 15) is 10.1 Å². The topological polar surface area (TPSA) is 71.2 Å². The summed E-state index contributed by atoms with van der Waals surface area (Å²) < 4.78 is 7.93. The monoisotopic (exact) mass is 314 g/mol. The number of ether oxygens (including phenoxy) is 1. The van der Waals surface area contributed by atoms with Gasteiger partial charge in [0.25, 0.3) is 0 Å². The number of aromatic nitrogens is 2. The molecule has 1 saturated heterocycles. The summed E-state index contributed by atoms with van der Waals surface area (Å²) in [6.07, 6.45) is 4.14. The van der Waals surface area contributed by atoms with Crippen LogP contribution in [0.1, 0.15) is 26.0 Å². The molecule has 0 radical (unpaired) electrons. The van der Waals surface area contributed by atoms with Crippen molar-refractivity contribution in [1.82, 2.24) is 14.7 Å². The van der Waals surface area contributed by atoms with E-state index in [-0.39, 0.29) is 11.4 Å². The molecular formula is C17H22N4O2. The van der Waals surface area contributed by atoms with Crippen LogP contribution in [-0.4, -0.2) is 45.8 Å². The highest BCUT2D eigenvalue weighted by molar-refractivity contribution is 6.03. The lowest BCUT2D eigenvalue weighted by Gasteiger charge is -2.46. The highest BCUT2D eigenvalue weighted by Gasteiger charge is 2.47. The number of rotatable bonds is 2. The summed E-state index contributed by atoms with van der Waals surface area (Å²) in [7, 11) is 1.93. The van der Waals surface area contributed by atoms with Gasteiger partial charge in [-0.05, 0) is 18.6 Å². The largest absolute Gasteiger partial charge is 0.368 e. The lowest BCUT2D eigenvalue weighted by Crippen LogP contribution is -2.55. The summed E-state index contributed by atoms with van der Waals surface area (Å²) in [5.74, 6) is -0.0852. The van der Waals surface area contributed by atoms with E-state index in [1.165, 1.54) is 0 Å². The number of Topliss-reactive ketones (excluding diaryl/α,β-unsaturated/α-hetero) is 1. The number of hydrogen-bond donors (Lipinski definition) is 0. The fraction of sp³-hybridized carbons (Fsp3) is 0.588. The smallest absolute Gasteiger partial charge is 0.178 e. The molecule has 1 unspecified atom stereocenters. The van der Waals surface area contributed by atoms with Crippen LogP contribution in [0.15, 0.2) is 23.9 Å². The molecule has 0 aromatic carbocycles. The number of hydrogen-bond acceptors (Lipinski definition) is 5. The van der Waals surface area contributed by atoms with Gasteiger partial charge in [-0.2, -0.15) is 10.4 Å². The number of morpholine rings is 1. The first-order valence-electron chi connectivity index (χ1n) is 7.86. The molecule has 1 atom stereocenters. The molecule has 6 heteroatoms. The van der Waals surface area contributed by atoms with E-state index < -0.39 is 11.0 Å². The maximum absolute atomic E-state index is 12.3. The summed E-state index contributed by atoms with van der Waals surface area (Å²) in [5.41, 5.74) is 0.232. The minimum atomic E-state index is -0.574. The minimum absolute atomic E-state index is 0.0852. The predicted molar refractivity (Wildman–Crippen MR) is 84.3 cm³/mol. The summed E-state index contributed by atoms with van der Waals surface area (Å²) in [6, 6.07) is 4.06. The van der Waals surface area contributed by atoms with Crippen LogP contribution >= 0.6 is 0 Å². The number of allylic oxidation sites excluding steroid dienone is 1. The number of aryl methyl sites for hydroxylation is 1. The van der Waals surface area contributed by atoms with Gasteiger partial charge < -0.3 is 4.74 Å². The lowest BCUT2D eigenvalue weighted by molar-refractivity contribution is -0.137. The second-order valence-corrected chi connectivity index (χ2v) is 7.13. The summed E-state index contributed by atoms with van der Waals surface area (Å²) in [4.78, 5) is 14.6. The molecule has 1 aliphatic heterocycles. The average molecular weight is 314 g/mol. The van der Waals surface area contributed by atoms with Gasteiger partial charge in [-0.3, -0.25) is 14.4 Å². The van der Waals surface area contributed by atoms with Gasteiger partial charge in [0, 0.05) is 38.3 Å². The predicted octanol–water partition coefficient (Wildman–Crippen LogP) is 1.44. The Morgan fingerprint density at radius 1 is 1.48 bits per heavy atom. The summed E-state index contributed by atoms with van der Waals surface area (Å²) >= 11 is 0.